The molecule has 0 aromatic heterocycles. The number of nitrogens with one attached hydrogen (secondary N) is 2. The van der Waals surface area contributed by atoms with Gasteiger partial charge in [0.05, 0.1) is 27.4 Å². The van der Waals surface area contributed by atoms with Gasteiger partial charge in [-0.25, -0.2) is 0 Å². The monoisotopic (exact) mass is 464 g/mol. The van der Waals surface area contributed by atoms with Crippen LogP contribution in [0, 0.1) is 0 Å². The van der Waals surface area contributed by atoms with E-state index in [1.54, 1.807) is 14.2 Å². The predicted molar refractivity (Wildman–Crippen MR) is 112 cm³/mol. The number of guanidine groups is 1. The SMILES string of the molecule is CCNC(=NCCO)NC1CCN(c2cc(OC)cc(OC)c2)C1.I. The molecule has 0 amide bonds. The fourth-order valence-electron chi connectivity index (χ4n) is 2.76. The van der Waals surface area contributed by atoms with Gasteiger partial charge in [0.2, 0.25) is 0 Å². The third-order valence-electron chi connectivity index (χ3n) is 3.94. The van der Waals surface area contributed by atoms with E-state index in [-0.39, 0.29) is 30.6 Å². The molecular formula is C17H29IN4O3. The van der Waals surface area contributed by atoms with E-state index < -0.39 is 0 Å². The first-order valence-electron chi connectivity index (χ1n) is 8.33. The number of rotatable bonds is 7. The van der Waals surface area contributed by atoms with Crippen LogP contribution < -0.4 is 25.0 Å². The molecule has 0 radical (unpaired) electrons. The first-order valence-corrected chi connectivity index (χ1v) is 8.33. The Bertz CT molecular complexity index is 534. The van der Waals surface area contributed by atoms with E-state index in [1.807, 2.05) is 25.1 Å². The summed E-state index contributed by atoms with van der Waals surface area (Å²) in [4.78, 5) is 6.64. The van der Waals surface area contributed by atoms with Crippen molar-refractivity contribution in [2.75, 3.05) is 51.9 Å². The molecule has 0 saturated carbocycles. The number of nitrogens with zero attached hydrogens (tertiary/aromatic N) is 2. The number of methoxy groups -OCH3 is 2. The maximum Gasteiger partial charge on any atom is 0.191 e. The van der Waals surface area contributed by atoms with Gasteiger partial charge >= 0.3 is 0 Å². The smallest absolute Gasteiger partial charge is 0.191 e. The van der Waals surface area contributed by atoms with Crippen LogP contribution in [0.1, 0.15) is 13.3 Å². The zero-order valence-corrected chi connectivity index (χ0v) is 17.4. The van der Waals surface area contributed by atoms with Gasteiger partial charge in [-0.1, -0.05) is 0 Å². The number of aliphatic hydroxyl groups is 1. The van der Waals surface area contributed by atoms with Crippen molar-refractivity contribution in [1.82, 2.24) is 10.6 Å². The normalized spacial score (nSPS) is 17.0. The van der Waals surface area contributed by atoms with Crippen LogP contribution >= 0.6 is 24.0 Å². The lowest BCUT2D eigenvalue weighted by molar-refractivity contribution is 0.306. The summed E-state index contributed by atoms with van der Waals surface area (Å²) in [6, 6.07) is 6.23. The topological polar surface area (TPSA) is 78.4 Å². The molecule has 1 fully saturated rings. The summed E-state index contributed by atoms with van der Waals surface area (Å²) in [5.74, 6) is 2.33. The van der Waals surface area contributed by atoms with Crippen LogP contribution in [0.3, 0.4) is 0 Å². The Morgan fingerprint density at radius 2 is 1.96 bits per heavy atom. The Kier molecular flexibility index (Phi) is 9.73. The Morgan fingerprint density at radius 3 is 2.52 bits per heavy atom. The molecule has 0 bridgehead atoms. The zero-order chi connectivity index (χ0) is 17.4. The number of aliphatic imine (C=N–C) groups is 1. The van der Waals surface area contributed by atoms with Gasteiger partial charge in [0.15, 0.2) is 5.96 Å². The van der Waals surface area contributed by atoms with Gasteiger partial charge < -0.3 is 30.1 Å². The second-order valence-electron chi connectivity index (χ2n) is 5.63. The summed E-state index contributed by atoms with van der Waals surface area (Å²) in [5, 5.41) is 15.6. The van der Waals surface area contributed by atoms with E-state index in [4.69, 9.17) is 14.6 Å². The summed E-state index contributed by atoms with van der Waals surface area (Å²) < 4.78 is 10.7. The van der Waals surface area contributed by atoms with Crippen LogP contribution in [-0.2, 0) is 0 Å². The zero-order valence-electron chi connectivity index (χ0n) is 15.1. The summed E-state index contributed by atoms with van der Waals surface area (Å²) in [6.45, 7) is 5.10. The number of ether oxygens (including phenoxy) is 2. The molecule has 25 heavy (non-hydrogen) atoms. The predicted octanol–water partition coefficient (Wildman–Crippen LogP) is 1.45. The fraction of sp³-hybridized carbons (Fsp3) is 0.588. The van der Waals surface area contributed by atoms with Crippen molar-refractivity contribution in [2.45, 2.75) is 19.4 Å². The molecule has 1 saturated heterocycles. The average molecular weight is 464 g/mol. The van der Waals surface area contributed by atoms with E-state index in [1.165, 1.54) is 0 Å². The molecule has 1 aliphatic rings. The molecule has 8 heteroatoms. The van der Waals surface area contributed by atoms with Crippen LogP contribution in [-0.4, -0.2) is 64.1 Å². The average Bonchev–Trinajstić information content (AvgIpc) is 3.08. The second-order valence-corrected chi connectivity index (χ2v) is 5.63. The molecule has 1 aromatic carbocycles. The lowest BCUT2D eigenvalue weighted by Gasteiger charge is -2.21. The molecule has 1 aliphatic heterocycles. The first-order chi connectivity index (χ1) is 11.7. The molecule has 1 heterocycles. The van der Waals surface area contributed by atoms with Crippen molar-refractivity contribution in [3.63, 3.8) is 0 Å². The van der Waals surface area contributed by atoms with Crippen LogP contribution in [0.5, 0.6) is 11.5 Å². The van der Waals surface area contributed by atoms with Crippen molar-refractivity contribution in [1.29, 1.82) is 0 Å². The molecule has 2 rings (SSSR count). The molecule has 1 aromatic rings. The maximum atomic E-state index is 8.94. The number of halogens is 1. The van der Waals surface area contributed by atoms with E-state index in [0.717, 1.165) is 49.2 Å². The first kappa shape index (κ1) is 21.6. The van der Waals surface area contributed by atoms with Crippen LogP contribution in [0.4, 0.5) is 5.69 Å². The van der Waals surface area contributed by atoms with Gasteiger partial charge in [0, 0.05) is 49.6 Å². The second kappa shape index (κ2) is 11.2. The fourth-order valence-corrected chi connectivity index (χ4v) is 2.76. The molecule has 0 spiro atoms. The van der Waals surface area contributed by atoms with E-state index >= 15 is 0 Å². The van der Waals surface area contributed by atoms with Crippen LogP contribution in [0.25, 0.3) is 0 Å². The van der Waals surface area contributed by atoms with E-state index in [2.05, 4.69) is 20.5 Å². The highest BCUT2D eigenvalue weighted by Gasteiger charge is 2.24. The van der Waals surface area contributed by atoms with Gasteiger partial charge in [0.1, 0.15) is 11.5 Å². The molecule has 1 unspecified atom stereocenters. The Labute approximate surface area is 166 Å². The number of aliphatic hydroxyl groups excluding tert-OH is 1. The highest BCUT2D eigenvalue weighted by molar-refractivity contribution is 14.0. The Hall–Kier alpha value is -1.42. The molecule has 1 atom stereocenters. The Balaban J connectivity index is 0.00000312. The third kappa shape index (κ3) is 6.43. The third-order valence-corrected chi connectivity index (χ3v) is 3.94. The van der Waals surface area contributed by atoms with Crippen molar-refractivity contribution in [3.8, 4) is 11.5 Å². The molecule has 7 nitrogen and oxygen atoms in total. The highest BCUT2D eigenvalue weighted by Crippen LogP contribution is 2.30. The van der Waals surface area contributed by atoms with Crippen molar-refractivity contribution in [3.05, 3.63) is 18.2 Å². The van der Waals surface area contributed by atoms with Gasteiger partial charge in [-0.15, -0.1) is 24.0 Å². The van der Waals surface area contributed by atoms with Crippen LogP contribution in [0.2, 0.25) is 0 Å². The summed E-state index contributed by atoms with van der Waals surface area (Å²) in [5.41, 5.74) is 1.09. The minimum Gasteiger partial charge on any atom is -0.497 e. The summed E-state index contributed by atoms with van der Waals surface area (Å²) in [7, 11) is 3.32. The van der Waals surface area contributed by atoms with E-state index in [0.29, 0.717) is 12.6 Å². The van der Waals surface area contributed by atoms with Crippen molar-refractivity contribution in [2.24, 2.45) is 4.99 Å². The number of hydrogen-bond acceptors (Lipinski definition) is 5. The number of anilines is 1. The molecular weight excluding hydrogens is 435 g/mol. The number of benzene rings is 1. The van der Waals surface area contributed by atoms with Gasteiger partial charge in [-0.2, -0.15) is 0 Å². The lowest BCUT2D eigenvalue weighted by Crippen LogP contribution is -2.44. The van der Waals surface area contributed by atoms with Crippen molar-refractivity contribution < 1.29 is 14.6 Å². The minimum absolute atomic E-state index is 0. The van der Waals surface area contributed by atoms with Crippen molar-refractivity contribution >= 4 is 35.6 Å². The largest absolute Gasteiger partial charge is 0.497 e. The summed E-state index contributed by atoms with van der Waals surface area (Å²) in [6.07, 6.45) is 1.02. The maximum absolute atomic E-state index is 8.94. The Morgan fingerprint density at radius 1 is 1.28 bits per heavy atom. The minimum atomic E-state index is 0. The molecule has 0 aliphatic carbocycles. The molecule has 142 valence electrons. The quantitative estimate of drug-likeness (QED) is 0.322. The summed E-state index contributed by atoms with van der Waals surface area (Å²) >= 11 is 0. The number of hydrogen-bond donors (Lipinski definition) is 3. The highest BCUT2D eigenvalue weighted by atomic mass is 127. The van der Waals surface area contributed by atoms with Crippen LogP contribution in [0.15, 0.2) is 23.2 Å². The van der Waals surface area contributed by atoms with Gasteiger partial charge in [-0.05, 0) is 13.3 Å². The van der Waals surface area contributed by atoms with Gasteiger partial charge in [0.25, 0.3) is 0 Å². The van der Waals surface area contributed by atoms with E-state index in [9.17, 15) is 0 Å². The standard InChI is InChI=1S/C17H28N4O3.HI/c1-4-18-17(19-6-8-22)20-13-5-7-21(12-13)14-9-15(23-2)11-16(10-14)24-3;/h9-11,13,22H,4-8,12H2,1-3H3,(H2,18,19,20);1H. The van der Waals surface area contributed by atoms with Gasteiger partial charge in [-0.3, -0.25) is 4.99 Å². The lowest BCUT2D eigenvalue weighted by atomic mass is 10.2. The molecule has 3 N–H and O–H groups in total.